The van der Waals surface area contributed by atoms with Crippen LogP contribution < -0.4 is 4.90 Å². The van der Waals surface area contributed by atoms with Crippen molar-refractivity contribution in [1.82, 2.24) is 24.5 Å². The fourth-order valence-electron chi connectivity index (χ4n) is 6.76. The molecule has 0 aliphatic carbocycles. The summed E-state index contributed by atoms with van der Waals surface area (Å²) in [6.45, 7) is 21.7. The van der Waals surface area contributed by atoms with Gasteiger partial charge in [-0.3, -0.25) is 0 Å². The highest BCUT2D eigenvalue weighted by Crippen LogP contribution is 2.47. The number of hydrogen-bond donors (Lipinski definition) is 1. The Balaban J connectivity index is 1.56. The molecule has 1 N–H and O–H groups in total. The predicted molar refractivity (Wildman–Crippen MR) is 215 cm³/mol. The van der Waals surface area contributed by atoms with Crippen molar-refractivity contribution >= 4 is 49.6 Å². The van der Waals surface area contributed by atoms with Crippen LogP contribution >= 0.6 is 15.9 Å². The topological polar surface area (TPSA) is 115 Å². The molecular formula is C38H57BrN6O5Si2. The first-order valence-corrected chi connectivity index (χ1v) is 26.7. The number of amides is 1. The maximum absolute atomic E-state index is 13.3. The summed E-state index contributed by atoms with van der Waals surface area (Å²) in [6.07, 6.45) is 6.87. The van der Waals surface area contributed by atoms with Crippen molar-refractivity contribution in [2.75, 3.05) is 38.2 Å². The predicted octanol–water partition coefficient (Wildman–Crippen LogP) is 7.97. The lowest BCUT2D eigenvalue weighted by molar-refractivity contribution is 0.00566. The van der Waals surface area contributed by atoms with Crippen LogP contribution in [-0.2, 0) is 14.2 Å². The Kier molecular flexibility index (Phi) is 13.0. The highest BCUT2D eigenvalue weighted by atomic mass is 79.9. The van der Waals surface area contributed by atoms with Crippen molar-refractivity contribution in [3.63, 3.8) is 0 Å². The zero-order valence-electron chi connectivity index (χ0n) is 32.5. The number of fused-ring (bicyclic) bond motifs is 3. The standard InChI is InChI=1S/C38H57BrN6O5Si2/c1-38(2,3)50-37(47)44-30-14-15-31(44)22-28(21-30)34-33(39)36(43(25-48-17-19-51(4,5)6)26-49-18-20-52(7,8)9)45-35(42-34)32(24-41-45)27-12-13-29(40-23-27)11-10-16-46/h12-13,23-24,28,30-31,46H,14-22,25-26H2,1-9H3/t28-,30-,31+. The molecular weight excluding hydrogens is 757 g/mol. The van der Waals surface area contributed by atoms with Crippen molar-refractivity contribution in [1.29, 1.82) is 0 Å². The molecule has 0 radical (unpaired) electrons. The van der Waals surface area contributed by atoms with E-state index < -0.39 is 21.7 Å². The molecule has 2 aliphatic rings. The summed E-state index contributed by atoms with van der Waals surface area (Å²) in [7, 11) is -2.60. The van der Waals surface area contributed by atoms with Gasteiger partial charge in [0.15, 0.2) is 11.5 Å². The summed E-state index contributed by atoms with van der Waals surface area (Å²) >= 11 is 4.05. The SMILES string of the molecule is CC(C)(C)OC(=O)N1[C@@H]2CC[C@H]1C[C@H](c1nc3c(-c4ccc(C#CCO)nc4)cnn3c(N(COCC[Si](C)(C)C)COCC[Si](C)(C)C)c1Br)C2. The van der Waals surface area contributed by atoms with Gasteiger partial charge in [0.1, 0.15) is 31.4 Å². The summed E-state index contributed by atoms with van der Waals surface area (Å²) in [5, 5.41) is 14.0. The molecule has 3 aromatic rings. The number of aliphatic hydroxyl groups excluding tert-OH is 1. The number of aromatic nitrogens is 4. The van der Waals surface area contributed by atoms with Crippen molar-refractivity contribution in [3.8, 4) is 23.0 Å². The van der Waals surface area contributed by atoms with E-state index in [-0.39, 0.29) is 30.7 Å². The number of anilines is 1. The highest BCUT2D eigenvalue weighted by molar-refractivity contribution is 9.10. The number of hydrogen-bond acceptors (Lipinski definition) is 9. The second-order valence-corrected chi connectivity index (χ2v) is 29.5. The first-order valence-electron chi connectivity index (χ1n) is 18.5. The third-order valence-electron chi connectivity index (χ3n) is 9.47. The Morgan fingerprint density at radius 2 is 1.62 bits per heavy atom. The Morgan fingerprint density at radius 1 is 1.00 bits per heavy atom. The van der Waals surface area contributed by atoms with Crippen molar-refractivity contribution in [2.45, 2.75) is 121 Å². The molecule has 284 valence electrons. The van der Waals surface area contributed by atoms with Gasteiger partial charge in [-0.15, -0.1) is 0 Å². The summed E-state index contributed by atoms with van der Waals surface area (Å²) in [5.41, 5.74) is 3.39. The number of ether oxygens (including phenoxy) is 3. The van der Waals surface area contributed by atoms with Gasteiger partial charge < -0.3 is 29.1 Å². The maximum atomic E-state index is 13.3. The molecule has 5 rings (SSSR count). The maximum Gasteiger partial charge on any atom is 0.410 e. The second kappa shape index (κ2) is 16.7. The molecule has 5 heterocycles. The summed E-state index contributed by atoms with van der Waals surface area (Å²) in [6, 6.07) is 6.10. The van der Waals surface area contributed by atoms with Gasteiger partial charge in [-0.2, -0.15) is 9.61 Å². The van der Waals surface area contributed by atoms with E-state index in [2.05, 4.69) is 76.9 Å². The number of halogens is 1. The number of pyridine rings is 1. The van der Waals surface area contributed by atoms with Gasteiger partial charge in [0.25, 0.3) is 0 Å². The van der Waals surface area contributed by atoms with Crippen LogP contribution in [-0.4, -0.2) is 103 Å². The van der Waals surface area contributed by atoms with Crippen LogP contribution in [0.25, 0.3) is 16.8 Å². The van der Waals surface area contributed by atoms with Gasteiger partial charge in [-0.25, -0.2) is 14.8 Å². The summed E-state index contributed by atoms with van der Waals surface area (Å²) in [5.74, 6) is 6.47. The zero-order valence-corrected chi connectivity index (χ0v) is 36.0. The van der Waals surface area contributed by atoms with E-state index in [1.165, 1.54) is 0 Å². The number of piperidine rings is 1. The van der Waals surface area contributed by atoms with Crippen LogP contribution in [0.15, 0.2) is 29.0 Å². The molecule has 52 heavy (non-hydrogen) atoms. The quantitative estimate of drug-likeness (QED) is 0.0795. The first-order chi connectivity index (χ1) is 24.4. The normalized spacial score (nSPS) is 19.1. The largest absolute Gasteiger partial charge is 0.444 e. The second-order valence-electron chi connectivity index (χ2n) is 17.5. The molecule has 2 fully saturated rings. The van der Waals surface area contributed by atoms with Crippen LogP contribution in [0.2, 0.25) is 51.4 Å². The van der Waals surface area contributed by atoms with Crippen LogP contribution in [0.1, 0.15) is 63.8 Å². The smallest absolute Gasteiger partial charge is 0.410 e. The van der Waals surface area contributed by atoms with E-state index in [4.69, 9.17) is 29.4 Å². The highest BCUT2D eigenvalue weighted by Gasteiger charge is 2.46. The Bertz CT molecular complexity index is 1720. The van der Waals surface area contributed by atoms with Crippen molar-refractivity contribution < 1.29 is 24.1 Å². The summed E-state index contributed by atoms with van der Waals surface area (Å²) < 4.78 is 21.4. The average Bonchev–Trinajstić information content (AvgIpc) is 3.59. The van der Waals surface area contributed by atoms with Crippen LogP contribution in [0, 0.1) is 11.8 Å². The third kappa shape index (κ3) is 10.4. The molecule has 0 aromatic carbocycles. The van der Waals surface area contributed by atoms with Gasteiger partial charge >= 0.3 is 6.09 Å². The molecule has 3 aromatic heterocycles. The molecule has 2 aliphatic heterocycles. The van der Waals surface area contributed by atoms with E-state index >= 15 is 0 Å². The number of carbonyl (C=O) groups excluding carboxylic acids is 1. The fourth-order valence-corrected chi connectivity index (χ4v) is 9.10. The monoisotopic (exact) mass is 812 g/mol. The fraction of sp³-hybridized carbons (Fsp3) is 0.632. The minimum Gasteiger partial charge on any atom is -0.444 e. The molecule has 14 heteroatoms. The molecule has 1 amide bonds. The lowest BCUT2D eigenvalue weighted by atomic mass is 9.88. The van der Waals surface area contributed by atoms with E-state index in [9.17, 15) is 4.79 Å². The van der Waals surface area contributed by atoms with Crippen molar-refractivity contribution in [2.24, 2.45) is 0 Å². The summed E-state index contributed by atoms with van der Waals surface area (Å²) in [4.78, 5) is 27.3. The van der Waals surface area contributed by atoms with E-state index in [0.717, 1.165) is 64.9 Å². The minimum absolute atomic E-state index is 0.0824. The lowest BCUT2D eigenvalue weighted by Crippen LogP contribution is -2.48. The van der Waals surface area contributed by atoms with E-state index in [1.807, 2.05) is 48.5 Å². The van der Waals surface area contributed by atoms with E-state index in [0.29, 0.717) is 38.0 Å². The molecule has 0 spiro atoms. The molecule has 2 bridgehead atoms. The molecule has 11 nitrogen and oxygen atoms in total. The number of rotatable bonds is 13. The first kappa shape index (κ1) is 40.4. The van der Waals surface area contributed by atoms with Gasteiger partial charge in [0, 0.05) is 64.7 Å². The molecule has 0 unspecified atom stereocenters. The van der Waals surface area contributed by atoms with Gasteiger partial charge in [-0.1, -0.05) is 45.2 Å². The van der Waals surface area contributed by atoms with Crippen LogP contribution in [0.4, 0.5) is 10.6 Å². The zero-order chi connectivity index (χ0) is 37.8. The van der Waals surface area contributed by atoms with Crippen LogP contribution in [0.3, 0.4) is 0 Å². The minimum atomic E-state index is -1.30. The number of aliphatic hydroxyl groups is 1. The van der Waals surface area contributed by atoms with Crippen LogP contribution in [0.5, 0.6) is 0 Å². The Labute approximate surface area is 320 Å². The van der Waals surface area contributed by atoms with Gasteiger partial charge in [0.05, 0.1) is 16.4 Å². The Hall–Kier alpha value is -2.81. The molecule has 0 saturated carbocycles. The number of carbonyl (C=O) groups is 1. The number of nitrogens with zero attached hydrogens (tertiary/aromatic N) is 6. The third-order valence-corrected chi connectivity index (χ3v) is 13.6. The molecule has 2 saturated heterocycles. The van der Waals surface area contributed by atoms with E-state index in [1.54, 1.807) is 6.20 Å². The molecule has 3 atom stereocenters. The van der Waals surface area contributed by atoms with Gasteiger partial charge in [-0.05, 0) is 92.5 Å². The lowest BCUT2D eigenvalue weighted by Gasteiger charge is -2.39. The average molecular weight is 814 g/mol. The Morgan fingerprint density at radius 3 is 2.13 bits per heavy atom. The van der Waals surface area contributed by atoms with Crippen molar-refractivity contribution in [3.05, 3.63) is 40.4 Å². The van der Waals surface area contributed by atoms with Gasteiger partial charge in [0.2, 0.25) is 0 Å².